The van der Waals surface area contributed by atoms with Gasteiger partial charge in [-0.25, -0.2) is 9.67 Å². The van der Waals surface area contributed by atoms with Crippen LogP contribution >= 0.6 is 24.8 Å². The maximum atomic E-state index is 13.3. The Labute approximate surface area is 189 Å². The number of likely N-dealkylation sites (tertiary alicyclic amines) is 1. The van der Waals surface area contributed by atoms with Crippen LogP contribution in [0.2, 0.25) is 0 Å². The average Bonchev–Trinajstić information content (AvgIpc) is 3.10. The molecule has 2 aromatic rings. The molecule has 1 unspecified atom stereocenters. The quantitative estimate of drug-likeness (QED) is 0.764. The molecule has 0 spiro atoms. The first-order chi connectivity index (χ1) is 13.5. The molecule has 8 nitrogen and oxygen atoms in total. The SMILES string of the molecule is Cc1nc2c(cnn2C(C)C)cc1C(=O)N1CCCC(N2CCNCC2=O)C1.Cl.Cl. The number of piperidine rings is 1. The molecule has 0 aliphatic carbocycles. The van der Waals surface area contributed by atoms with Gasteiger partial charge in [0.05, 0.1) is 24.0 Å². The third-order valence-corrected chi connectivity index (χ3v) is 5.73. The Morgan fingerprint density at radius 2 is 2.03 bits per heavy atom. The number of fused-ring (bicyclic) bond motifs is 1. The minimum absolute atomic E-state index is 0. The molecule has 4 heterocycles. The van der Waals surface area contributed by atoms with E-state index in [1.54, 1.807) is 6.20 Å². The van der Waals surface area contributed by atoms with E-state index in [-0.39, 0.29) is 48.7 Å². The Balaban J connectivity index is 0.00000160. The highest BCUT2D eigenvalue weighted by molar-refractivity contribution is 5.98. The molecule has 0 aromatic carbocycles. The second-order valence-electron chi connectivity index (χ2n) is 8.03. The van der Waals surface area contributed by atoms with Gasteiger partial charge in [0.2, 0.25) is 5.91 Å². The summed E-state index contributed by atoms with van der Waals surface area (Å²) in [5.41, 5.74) is 2.16. The maximum Gasteiger partial charge on any atom is 0.255 e. The molecule has 2 fully saturated rings. The van der Waals surface area contributed by atoms with Crippen LogP contribution in [0.25, 0.3) is 11.0 Å². The Morgan fingerprint density at radius 1 is 1.27 bits per heavy atom. The molecule has 1 atom stereocenters. The lowest BCUT2D eigenvalue weighted by molar-refractivity contribution is -0.135. The van der Waals surface area contributed by atoms with Crippen molar-refractivity contribution in [2.45, 2.75) is 45.7 Å². The van der Waals surface area contributed by atoms with Gasteiger partial charge < -0.3 is 15.1 Å². The van der Waals surface area contributed by atoms with Gasteiger partial charge in [0.15, 0.2) is 5.65 Å². The zero-order valence-electron chi connectivity index (χ0n) is 17.6. The van der Waals surface area contributed by atoms with Gasteiger partial charge in [-0.15, -0.1) is 24.8 Å². The van der Waals surface area contributed by atoms with E-state index in [1.165, 1.54) is 0 Å². The van der Waals surface area contributed by atoms with Gasteiger partial charge in [-0.05, 0) is 39.7 Å². The number of carbonyl (C=O) groups is 2. The highest BCUT2D eigenvalue weighted by atomic mass is 35.5. The van der Waals surface area contributed by atoms with E-state index in [0.29, 0.717) is 25.2 Å². The Hall–Kier alpha value is -1.90. The van der Waals surface area contributed by atoms with Crippen molar-refractivity contribution in [1.29, 1.82) is 0 Å². The zero-order valence-corrected chi connectivity index (χ0v) is 19.3. The smallest absolute Gasteiger partial charge is 0.255 e. The van der Waals surface area contributed by atoms with Crippen LogP contribution in [0.3, 0.4) is 0 Å². The van der Waals surface area contributed by atoms with Crippen molar-refractivity contribution >= 4 is 47.7 Å². The number of pyridine rings is 1. The van der Waals surface area contributed by atoms with Crippen LogP contribution in [0.1, 0.15) is 48.8 Å². The summed E-state index contributed by atoms with van der Waals surface area (Å²) in [6.45, 7) is 9.24. The van der Waals surface area contributed by atoms with Crippen LogP contribution in [0.15, 0.2) is 12.3 Å². The molecule has 0 radical (unpaired) electrons. The molecule has 30 heavy (non-hydrogen) atoms. The van der Waals surface area contributed by atoms with Crippen molar-refractivity contribution in [2.75, 3.05) is 32.7 Å². The molecule has 2 aliphatic heterocycles. The van der Waals surface area contributed by atoms with E-state index in [9.17, 15) is 9.59 Å². The summed E-state index contributed by atoms with van der Waals surface area (Å²) < 4.78 is 1.88. The molecule has 0 bridgehead atoms. The molecule has 10 heteroatoms. The molecule has 1 N–H and O–H groups in total. The fourth-order valence-electron chi connectivity index (χ4n) is 4.23. The van der Waals surface area contributed by atoms with Crippen molar-refractivity contribution in [3.63, 3.8) is 0 Å². The van der Waals surface area contributed by atoms with Crippen LogP contribution < -0.4 is 5.32 Å². The predicted molar refractivity (Wildman–Crippen MR) is 121 cm³/mol. The van der Waals surface area contributed by atoms with E-state index in [0.717, 1.165) is 42.7 Å². The molecular formula is C20H30Cl2N6O2. The van der Waals surface area contributed by atoms with Gasteiger partial charge in [0, 0.05) is 43.6 Å². The minimum Gasteiger partial charge on any atom is -0.337 e. The number of nitrogens with one attached hydrogen (secondary N) is 1. The van der Waals surface area contributed by atoms with E-state index < -0.39 is 0 Å². The summed E-state index contributed by atoms with van der Waals surface area (Å²) >= 11 is 0. The monoisotopic (exact) mass is 456 g/mol. The number of amides is 2. The first-order valence-corrected chi connectivity index (χ1v) is 10.1. The van der Waals surface area contributed by atoms with Crippen LogP contribution in [-0.2, 0) is 4.79 Å². The topological polar surface area (TPSA) is 83.4 Å². The third kappa shape index (κ3) is 4.55. The number of hydrogen-bond donors (Lipinski definition) is 1. The van der Waals surface area contributed by atoms with Gasteiger partial charge in [0.25, 0.3) is 5.91 Å². The number of piperazine rings is 1. The first kappa shape index (κ1) is 24.4. The Bertz CT molecular complexity index is 916. The normalized spacial score (nSPS) is 19.6. The van der Waals surface area contributed by atoms with Crippen molar-refractivity contribution in [2.24, 2.45) is 0 Å². The number of rotatable bonds is 3. The predicted octanol–water partition coefficient (Wildman–Crippen LogP) is 2.20. The van der Waals surface area contributed by atoms with Crippen molar-refractivity contribution in [1.82, 2.24) is 29.9 Å². The Kier molecular flexibility index (Phi) is 8.07. The molecular weight excluding hydrogens is 427 g/mol. The third-order valence-electron chi connectivity index (χ3n) is 5.73. The second-order valence-corrected chi connectivity index (χ2v) is 8.03. The lowest BCUT2D eigenvalue weighted by Gasteiger charge is -2.41. The van der Waals surface area contributed by atoms with Crippen LogP contribution in [0.5, 0.6) is 0 Å². The first-order valence-electron chi connectivity index (χ1n) is 10.1. The van der Waals surface area contributed by atoms with Crippen molar-refractivity contribution < 1.29 is 9.59 Å². The molecule has 2 amide bonds. The van der Waals surface area contributed by atoms with Crippen molar-refractivity contribution in [3.05, 3.63) is 23.5 Å². The largest absolute Gasteiger partial charge is 0.337 e. The van der Waals surface area contributed by atoms with Gasteiger partial charge in [-0.1, -0.05) is 0 Å². The Morgan fingerprint density at radius 3 is 2.73 bits per heavy atom. The molecule has 0 saturated carbocycles. The summed E-state index contributed by atoms with van der Waals surface area (Å²) in [7, 11) is 0. The second kappa shape index (κ2) is 9.94. The van der Waals surface area contributed by atoms with Crippen molar-refractivity contribution in [3.8, 4) is 0 Å². The fraction of sp³-hybridized carbons (Fsp3) is 0.600. The van der Waals surface area contributed by atoms with Crippen LogP contribution in [-0.4, -0.2) is 75.1 Å². The van der Waals surface area contributed by atoms with Gasteiger partial charge >= 0.3 is 0 Å². The van der Waals surface area contributed by atoms with Gasteiger partial charge in [-0.3, -0.25) is 9.59 Å². The summed E-state index contributed by atoms with van der Waals surface area (Å²) in [4.78, 5) is 34.0. The number of nitrogens with zero attached hydrogens (tertiary/aromatic N) is 5. The number of carbonyl (C=O) groups excluding carboxylic acids is 2. The van der Waals surface area contributed by atoms with E-state index >= 15 is 0 Å². The standard InChI is InChI=1S/C20H28N6O2.2ClH/c1-13(2)26-19-15(10-22-26)9-17(14(3)23-19)20(28)24-7-4-5-16(12-24)25-8-6-21-11-18(25)27;;/h9-10,13,16,21H,4-8,11-12H2,1-3H3;2*1H. The number of aryl methyl sites for hydroxylation is 1. The van der Waals surface area contributed by atoms with E-state index in [1.807, 2.05) is 27.5 Å². The number of halogens is 2. The molecule has 2 saturated heterocycles. The molecule has 4 rings (SSSR count). The van der Waals surface area contributed by atoms with E-state index in [4.69, 9.17) is 0 Å². The summed E-state index contributed by atoms with van der Waals surface area (Å²) in [6, 6.07) is 2.23. The maximum absolute atomic E-state index is 13.3. The summed E-state index contributed by atoms with van der Waals surface area (Å²) in [6.07, 6.45) is 3.64. The van der Waals surface area contributed by atoms with E-state index in [2.05, 4.69) is 29.2 Å². The highest BCUT2D eigenvalue weighted by Crippen LogP contribution is 2.23. The summed E-state index contributed by atoms with van der Waals surface area (Å²) in [5, 5.41) is 8.40. The molecule has 166 valence electrons. The fourth-order valence-corrected chi connectivity index (χ4v) is 4.23. The minimum atomic E-state index is -0.00326. The lowest BCUT2D eigenvalue weighted by Crippen LogP contribution is -2.57. The van der Waals surface area contributed by atoms with Crippen LogP contribution in [0.4, 0.5) is 0 Å². The number of aromatic nitrogens is 3. The van der Waals surface area contributed by atoms with Gasteiger partial charge in [-0.2, -0.15) is 5.10 Å². The molecule has 2 aromatic heterocycles. The highest BCUT2D eigenvalue weighted by Gasteiger charge is 2.32. The molecule has 2 aliphatic rings. The number of hydrogen-bond acceptors (Lipinski definition) is 5. The zero-order chi connectivity index (χ0) is 19.8. The summed E-state index contributed by atoms with van der Waals surface area (Å²) in [5.74, 6) is 0.127. The average molecular weight is 457 g/mol. The lowest BCUT2D eigenvalue weighted by atomic mass is 10.0. The van der Waals surface area contributed by atoms with Crippen LogP contribution in [0, 0.1) is 6.92 Å². The van der Waals surface area contributed by atoms with Gasteiger partial charge in [0.1, 0.15) is 0 Å².